The number of halogens is 2. The van der Waals surface area contributed by atoms with E-state index in [1.165, 1.54) is 12.3 Å². The maximum Gasteiger partial charge on any atom is 0.258 e. The number of carbonyl (C=O) groups excluding carboxylic acids is 1. The molecular weight excluding hydrogens is 299 g/mol. The van der Waals surface area contributed by atoms with E-state index in [0.29, 0.717) is 15.9 Å². The molecule has 0 spiro atoms. The number of pyridine rings is 1. The largest absolute Gasteiger partial charge is 0.320 e. The topological polar surface area (TPSA) is 42.0 Å². The monoisotopic (exact) mass is 308 g/mol. The van der Waals surface area contributed by atoms with E-state index >= 15 is 0 Å². The molecule has 0 unspecified atom stereocenters. The van der Waals surface area contributed by atoms with Crippen LogP contribution in [-0.2, 0) is 0 Å². The van der Waals surface area contributed by atoms with Gasteiger partial charge in [0, 0.05) is 0 Å². The quantitative estimate of drug-likeness (QED) is 0.862. The van der Waals surface area contributed by atoms with Crippen molar-refractivity contribution in [1.29, 1.82) is 0 Å². The number of carbonyl (C=O) groups is 1. The summed E-state index contributed by atoms with van der Waals surface area (Å²) < 4.78 is 14.4. The van der Waals surface area contributed by atoms with Gasteiger partial charge in [0.2, 0.25) is 0 Å². The highest BCUT2D eigenvalue weighted by molar-refractivity contribution is 9.10. The molecule has 18 heavy (non-hydrogen) atoms. The van der Waals surface area contributed by atoms with Crippen LogP contribution in [0.4, 0.5) is 10.1 Å². The Balaban J connectivity index is 2.22. The van der Waals surface area contributed by atoms with Crippen molar-refractivity contribution >= 4 is 27.5 Å². The molecule has 1 aromatic carbocycles. The van der Waals surface area contributed by atoms with E-state index in [9.17, 15) is 9.18 Å². The minimum Gasteiger partial charge on any atom is -0.320 e. The Morgan fingerprint density at radius 2 is 2.11 bits per heavy atom. The van der Waals surface area contributed by atoms with Gasteiger partial charge in [0.1, 0.15) is 10.4 Å². The second-order valence-electron chi connectivity index (χ2n) is 3.76. The Bertz CT molecular complexity index is 584. The summed E-state index contributed by atoms with van der Waals surface area (Å²) in [6, 6.07) is 8.09. The Labute approximate surface area is 112 Å². The summed E-state index contributed by atoms with van der Waals surface area (Å²) >= 11 is 3.19. The van der Waals surface area contributed by atoms with Crippen molar-refractivity contribution in [1.82, 2.24) is 4.98 Å². The van der Waals surface area contributed by atoms with Crippen molar-refractivity contribution in [2.45, 2.75) is 6.92 Å². The molecule has 2 aromatic rings. The van der Waals surface area contributed by atoms with Crippen LogP contribution in [0.1, 0.15) is 15.9 Å². The molecule has 1 N–H and O–H groups in total. The Hall–Kier alpha value is -1.75. The first-order valence-corrected chi connectivity index (χ1v) is 6.05. The lowest BCUT2D eigenvalue weighted by atomic mass is 10.1. The van der Waals surface area contributed by atoms with Crippen molar-refractivity contribution in [2.75, 3.05) is 5.32 Å². The van der Waals surface area contributed by atoms with Crippen LogP contribution in [0, 0.1) is 12.7 Å². The lowest BCUT2D eigenvalue weighted by molar-refractivity contribution is 0.102. The third-order valence-corrected chi connectivity index (χ3v) is 2.89. The summed E-state index contributed by atoms with van der Waals surface area (Å²) in [4.78, 5) is 15.9. The molecule has 0 aliphatic carbocycles. The van der Waals surface area contributed by atoms with Gasteiger partial charge in [-0.15, -0.1) is 0 Å². The summed E-state index contributed by atoms with van der Waals surface area (Å²) in [5.74, 6) is -0.986. The van der Waals surface area contributed by atoms with Crippen molar-refractivity contribution in [3.05, 3.63) is 58.1 Å². The van der Waals surface area contributed by atoms with E-state index in [0.717, 1.165) is 0 Å². The normalized spacial score (nSPS) is 10.2. The lowest BCUT2D eigenvalue weighted by Crippen LogP contribution is -2.14. The van der Waals surface area contributed by atoms with Crippen molar-refractivity contribution in [2.24, 2.45) is 0 Å². The highest BCUT2D eigenvalue weighted by atomic mass is 79.9. The van der Waals surface area contributed by atoms with Gasteiger partial charge in [-0.25, -0.2) is 9.37 Å². The summed E-state index contributed by atoms with van der Waals surface area (Å²) in [6.45, 7) is 1.62. The number of amides is 1. The van der Waals surface area contributed by atoms with E-state index in [1.807, 2.05) is 0 Å². The van der Waals surface area contributed by atoms with Crippen LogP contribution in [0.2, 0.25) is 0 Å². The lowest BCUT2D eigenvalue weighted by Gasteiger charge is -2.07. The third-order valence-electron chi connectivity index (χ3n) is 2.42. The van der Waals surface area contributed by atoms with Crippen molar-refractivity contribution < 1.29 is 9.18 Å². The zero-order valence-electron chi connectivity index (χ0n) is 9.58. The van der Waals surface area contributed by atoms with Gasteiger partial charge in [0.25, 0.3) is 5.91 Å². The number of rotatable bonds is 2. The number of nitrogens with one attached hydrogen (secondary N) is 1. The molecule has 0 bridgehead atoms. The fraction of sp³-hybridized carbons (Fsp3) is 0.0769. The molecular formula is C13H10BrFN2O. The highest BCUT2D eigenvalue weighted by Crippen LogP contribution is 2.15. The average molecular weight is 309 g/mol. The smallest absolute Gasteiger partial charge is 0.258 e. The minimum absolute atomic E-state index is 0.0259. The maximum atomic E-state index is 13.7. The number of nitrogens with zero attached hydrogens (tertiary/aromatic N) is 1. The second-order valence-corrected chi connectivity index (χ2v) is 4.57. The SMILES string of the molecule is Cc1cccc(C(=O)Nc2ccc(Br)nc2)c1F. The molecule has 3 nitrogen and oxygen atoms in total. The molecule has 1 aromatic heterocycles. The fourth-order valence-corrected chi connectivity index (χ4v) is 1.71. The number of aryl methyl sites for hydroxylation is 1. The second kappa shape index (κ2) is 5.27. The summed E-state index contributed by atoms with van der Waals surface area (Å²) in [6.07, 6.45) is 1.50. The van der Waals surface area contributed by atoms with Gasteiger partial charge in [0.15, 0.2) is 0 Å². The average Bonchev–Trinajstić information content (AvgIpc) is 2.35. The van der Waals surface area contributed by atoms with Gasteiger partial charge in [-0.3, -0.25) is 4.79 Å². The summed E-state index contributed by atoms with van der Waals surface area (Å²) in [5, 5.41) is 2.59. The molecule has 0 atom stereocenters. The summed E-state index contributed by atoms with van der Waals surface area (Å²) in [5.41, 5.74) is 0.985. The van der Waals surface area contributed by atoms with Crippen molar-refractivity contribution in [3.63, 3.8) is 0 Å². The van der Waals surface area contributed by atoms with Crippen LogP contribution in [0.15, 0.2) is 41.1 Å². The van der Waals surface area contributed by atoms with Crippen LogP contribution >= 0.6 is 15.9 Å². The number of anilines is 1. The van der Waals surface area contributed by atoms with Crippen LogP contribution in [0.3, 0.4) is 0 Å². The van der Waals surface area contributed by atoms with E-state index in [2.05, 4.69) is 26.2 Å². The zero-order chi connectivity index (χ0) is 13.1. The van der Waals surface area contributed by atoms with Crippen molar-refractivity contribution in [3.8, 4) is 0 Å². The third kappa shape index (κ3) is 2.73. The Morgan fingerprint density at radius 1 is 1.33 bits per heavy atom. The standard InChI is InChI=1S/C13H10BrFN2O/c1-8-3-2-4-10(12(8)15)13(18)17-9-5-6-11(14)16-7-9/h2-7H,1H3,(H,17,18). The van der Waals surface area contributed by atoms with E-state index in [1.54, 1.807) is 31.2 Å². The highest BCUT2D eigenvalue weighted by Gasteiger charge is 2.13. The predicted octanol–water partition coefficient (Wildman–Crippen LogP) is 3.54. The van der Waals surface area contributed by atoms with Gasteiger partial charge in [-0.2, -0.15) is 0 Å². The molecule has 0 radical (unpaired) electrons. The first-order valence-electron chi connectivity index (χ1n) is 5.26. The molecule has 2 rings (SSSR count). The minimum atomic E-state index is -0.500. The molecule has 0 fully saturated rings. The van der Waals surface area contributed by atoms with E-state index in [4.69, 9.17) is 0 Å². The molecule has 0 aliphatic rings. The van der Waals surface area contributed by atoms with Crippen LogP contribution in [-0.4, -0.2) is 10.9 Å². The maximum absolute atomic E-state index is 13.7. The van der Waals surface area contributed by atoms with Gasteiger partial charge >= 0.3 is 0 Å². The number of hydrogen-bond acceptors (Lipinski definition) is 2. The first-order chi connectivity index (χ1) is 8.58. The zero-order valence-corrected chi connectivity index (χ0v) is 11.2. The molecule has 0 saturated heterocycles. The number of benzene rings is 1. The fourth-order valence-electron chi connectivity index (χ4n) is 1.47. The van der Waals surface area contributed by atoms with Crippen LogP contribution in [0.25, 0.3) is 0 Å². The van der Waals surface area contributed by atoms with Gasteiger partial charge in [0.05, 0.1) is 17.4 Å². The Morgan fingerprint density at radius 3 is 2.78 bits per heavy atom. The number of aromatic nitrogens is 1. The molecule has 1 heterocycles. The van der Waals surface area contributed by atoms with Crippen LogP contribution < -0.4 is 5.32 Å². The van der Waals surface area contributed by atoms with Gasteiger partial charge in [-0.05, 0) is 46.6 Å². The van der Waals surface area contributed by atoms with Gasteiger partial charge in [-0.1, -0.05) is 12.1 Å². The van der Waals surface area contributed by atoms with E-state index in [-0.39, 0.29) is 5.56 Å². The molecule has 1 amide bonds. The van der Waals surface area contributed by atoms with Crippen LogP contribution in [0.5, 0.6) is 0 Å². The van der Waals surface area contributed by atoms with Gasteiger partial charge < -0.3 is 5.32 Å². The number of hydrogen-bond donors (Lipinski definition) is 1. The Kier molecular flexibility index (Phi) is 3.72. The molecule has 5 heteroatoms. The van der Waals surface area contributed by atoms with E-state index < -0.39 is 11.7 Å². The summed E-state index contributed by atoms with van der Waals surface area (Å²) in [7, 11) is 0. The molecule has 0 saturated carbocycles. The predicted molar refractivity (Wildman–Crippen MR) is 71.0 cm³/mol. The first kappa shape index (κ1) is 12.7. The molecule has 0 aliphatic heterocycles. The molecule has 92 valence electrons.